The number of carbonyl (C=O) groups excluding carboxylic acids is 1. The van der Waals surface area contributed by atoms with Crippen molar-refractivity contribution >= 4 is 12.0 Å². The first-order chi connectivity index (χ1) is 13.2. The summed E-state index contributed by atoms with van der Waals surface area (Å²) in [4.78, 5) is 16.3. The van der Waals surface area contributed by atoms with Gasteiger partial charge in [0.1, 0.15) is 17.4 Å². The van der Waals surface area contributed by atoms with Crippen molar-refractivity contribution in [1.29, 1.82) is 5.26 Å². The molecule has 0 aliphatic heterocycles. The number of nitrogens with zero attached hydrogens (tertiary/aromatic N) is 3. The Morgan fingerprint density at radius 1 is 1.26 bits per heavy atom. The lowest BCUT2D eigenvalue weighted by atomic mass is 10.1. The number of carbonyl (C=O) groups is 1. The number of pyridine rings is 1. The van der Waals surface area contributed by atoms with Crippen LogP contribution in [0.4, 0.5) is 0 Å². The molecule has 7 nitrogen and oxygen atoms in total. The molecular weight excluding hydrogens is 342 g/mol. The molecule has 3 rings (SSSR count). The second-order valence-corrected chi connectivity index (χ2v) is 5.64. The quantitative estimate of drug-likeness (QED) is 0.520. The van der Waals surface area contributed by atoms with Gasteiger partial charge in [0.2, 0.25) is 0 Å². The number of amides is 1. The molecule has 134 valence electrons. The summed E-state index contributed by atoms with van der Waals surface area (Å²) in [6.45, 7) is 0.317. The second kappa shape index (κ2) is 8.45. The Morgan fingerprint density at radius 2 is 2.00 bits per heavy atom. The number of aromatic amines is 1. The van der Waals surface area contributed by atoms with Crippen LogP contribution in [0, 0.1) is 11.3 Å². The van der Waals surface area contributed by atoms with Gasteiger partial charge >= 0.3 is 0 Å². The average molecular weight is 359 g/mol. The molecule has 0 saturated carbocycles. The summed E-state index contributed by atoms with van der Waals surface area (Å²) in [6.07, 6.45) is 6.39. The van der Waals surface area contributed by atoms with Crippen LogP contribution in [-0.4, -0.2) is 28.2 Å². The molecule has 1 aromatic carbocycles. The Balaban J connectivity index is 1.78. The van der Waals surface area contributed by atoms with E-state index in [4.69, 9.17) is 4.74 Å². The van der Waals surface area contributed by atoms with Crippen LogP contribution in [0.15, 0.2) is 60.6 Å². The van der Waals surface area contributed by atoms with Gasteiger partial charge in [0.05, 0.1) is 19.0 Å². The van der Waals surface area contributed by atoms with Crippen LogP contribution < -0.4 is 10.1 Å². The zero-order valence-electron chi connectivity index (χ0n) is 14.6. The van der Waals surface area contributed by atoms with Gasteiger partial charge in [0.15, 0.2) is 0 Å². The zero-order chi connectivity index (χ0) is 19.1. The number of hydrogen-bond donors (Lipinski definition) is 2. The van der Waals surface area contributed by atoms with E-state index < -0.39 is 5.91 Å². The van der Waals surface area contributed by atoms with E-state index in [9.17, 15) is 10.1 Å². The molecule has 3 aromatic rings. The smallest absolute Gasteiger partial charge is 0.262 e. The van der Waals surface area contributed by atoms with Crippen molar-refractivity contribution in [1.82, 2.24) is 20.5 Å². The number of ether oxygens (including phenoxy) is 1. The monoisotopic (exact) mass is 359 g/mol. The Hall–Kier alpha value is -3.92. The van der Waals surface area contributed by atoms with Crippen molar-refractivity contribution in [3.8, 4) is 23.1 Å². The maximum absolute atomic E-state index is 12.3. The number of H-pyrrole nitrogens is 1. The van der Waals surface area contributed by atoms with Crippen LogP contribution >= 0.6 is 0 Å². The van der Waals surface area contributed by atoms with Crippen molar-refractivity contribution in [3.05, 3.63) is 71.7 Å². The molecule has 1 amide bonds. The third-order valence-electron chi connectivity index (χ3n) is 3.91. The summed E-state index contributed by atoms with van der Waals surface area (Å²) < 4.78 is 5.16. The summed E-state index contributed by atoms with van der Waals surface area (Å²) >= 11 is 0. The summed E-state index contributed by atoms with van der Waals surface area (Å²) in [7, 11) is 1.60. The van der Waals surface area contributed by atoms with Gasteiger partial charge in [-0.05, 0) is 48.0 Å². The van der Waals surface area contributed by atoms with Crippen LogP contribution in [0.5, 0.6) is 5.75 Å². The number of nitriles is 1. The standard InChI is InChI=1S/C20H17N5O2/c1-27-18-4-2-15(3-5-18)19-17(13-24-25-19)10-16(11-21)20(26)23-12-14-6-8-22-9-7-14/h2-10,13H,12H2,1H3,(H,23,26)(H,24,25)/b16-10+. The van der Waals surface area contributed by atoms with Gasteiger partial charge in [-0.25, -0.2) is 0 Å². The number of nitrogens with one attached hydrogen (secondary N) is 2. The van der Waals surface area contributed by atoms with Gasteiger partial charge in [-0.15, -0.1) is 0 Å². The fraction of sp³-hybridized carbons (Fsp3) is 0.100. The lowest BCUT2D eigenvalue weighted by Crippen LogP contribution is -2.23. The fourth-order valence-electron chi connectivity index (χ4n) is 2.48. The maximum Gasteiger partial charge on any atom is 0.262 e. The molecule has 0 bridgehead atoms. The predicted octanol–water partition coefficient (Wildman–Crippen LogP) is 2.70. The Kier molecular flexibility index (Phi) is 5.60. The second-order valence-electron chi connectivity index (χ2n) is 5.64. The van der Waals surface area contributed by atoms with Gasteiger partial charge in [0, 0.05) is 30.1 Å². The van der Waals surface area contributed by atoms with Crippen molar-refractivity contribution in [2.45, 2.75) is 6.54 Å². The molecule has 2 N–H and O–H groups in total. The van der Waals surface area contributed by atoms with Gasteiger partial charge in [-0.2, -0.15) is 10.4 Å². The minimum absolute atomic E-state index is 0.000202. The minimum atomic E-state index is -0.448. The number of benzene rings is 1. The van der Waals surface area contributed by atoms with Crippen LogP contribution in [0.3, 0.4) is 0 Å². The van der Waals surface area contributed by atoms with E-state index in [1.807, 2.05) is 30.3 Å². The number of methoxy groups -OCH3 is 1. The lowest BCUT2D eigenvalue weighted by molar-refractivity contribution is -0.117. The largest absolute Gasteiger partial charge is 0.497 e. The summed E-state index contributed by atoms with van der Waals surface area (Å²) in [5.41, 5.74) is 3.13. The molecule has 0 saturated heterocycles. The van der Waals surface area contributed by atoms with E-state index in [-0.39, 0.29) is 5.57 Å². The highest BCUT2D eigenvalue weighted by Crippen LogP contribution is 2.25. The van der Waals surface area contributed by atoms with E-state index in [1.165, 1.54) is 6.08 Å². The molecule has 0 radical (unpaired) electrons. The van der Waals surface area contributed by atoms with Gasteiger partial charge in [-0.3, -0.25) is 14.9 Å². The normalized spacial score (nSPS) is 10.9. The Bertz CT molecular complexity index is 985. The van der Waals surface area contributed by atoms with E-state index >= 15 is 0 Å². The molecule has 0 aliphatic carbocycles. The molecule has 0 atom stereocenters. The zero-order valence-corrected chi connectivity index (χ0v) is 14.6. The summed E-state index contributed by atoms with van der Waals surface area (Å²) in [5, 5.41) is 19.1. The van der Waals surface area contributed by atoms with Crippen molar-refractivity contribution in [3.63, 3.8) is 0 Å². The average Bonchev–Trinajstić information content (AvgIpc) is 3.19. The number of hydrogen-bond acceptors (Lipinski definition) is 5. The third kappa shape index (κ3) is 4.38. The van der Waals surface area contributed by atoms with Crippen molar-refractivity contribution in [2.75, 3.05) is 7.11 Å². The molecular formula is C20H17N5O2. The van der Waals surface area contributed by atoms with E-state index in [1.54, 1.807) is 37.8 Å². The van der Waals surface area contributed by atoms with Crippen LogP contribution in [-0.2, 0) is 11.3 Å². The SMILES string of the molecule is COc1ccc(-c2[nH]ncc2/C=C(\C#N)C(=O)NCc2ccncc2)cc1. The fourth-order valence-corrected chi connectivity index (χ4v) is 2.48. The van der Waals surface area contributed by atoms with Crippen molar-refractivity contribution in [2.24, 2.45) is 0 Å². The highest BCUT2D eigenvalue weighted by atomic mass is 16.5. The molecule has 27 heavy (non-hydrogen) atoms. The molecule has 2 aromatic heterocycles. The molecule has 7 heteroatoms. The summed E-state index contributed by atoms with van der Waals surface area (Å²) in [5.74, 6) is 0.291. The van der Waals surface area contributed by atoms with E-state index in [0.717, 1.165) is 16.9 Å². The van der Waals surface area contributed by atoms with Gasteiger partial charge in [-0.1, -0.05) is 0 Å². The molecule has 0 unspecified atom stereocenters. The molecule has 2 heterocycles. The van der Waals surface area contributed by atoms with E-state index in [0.29, 0.717) is 17.8 Å². The van der Waals surface area contributed by atoms with Gasteiger partial charge in [0.25, 0.3) is 5.91 Å². The molecule has 0 fully saturated rings. The Labute approximate surface area is 156 Å². The minimum Gasteiger partial charge on any atom is -0.497 e. The first-order valence-corrected chi connectivity index (χ1v) is 8.18. The molecule has 0 aliphatic rings. The molecule has 0 spiro atoms. The van der Waals surface area contributed by atoms with Crippen LogP contribution in [0.1, 0.15) is 11.1 Å². The van der Waals surface area contributed by atoms with Crippen molar-refractivity contribution < 1.29 is 9.53 Å². The number of rotatable bonds is 6. The predicted molar refractivity (Wildman–Crippen MR) is 100 cm³/mol. The first-order valence-electron chi connectivity index (χ1n) is 8.18. The highest BCUT2D eigenvalue weighted by molar-refractivity contribution is 6.02. The maximum atomic E-state index is 12.3. The lowest BCUT2D eigenvalue weighted by Gasteiger charge is -2.05. The van der Waals surface area contributed by atoms with Crippen LogP contribution in [0.2, 0.25) is 0 Å². The number of aromatic nitrogens is 3. The van der Waals surface area contributed by atoms with Gasteiger partial charge < -0.3 is 10.1 Å². The highest BCUT2D eigenvalue weighted by Gasteiger charge is 2.12. The summed E-state index contributed by atoms with van der Waals surface area (Å²) in [6, 6.07) is 13.0. The Morgan fingerprint density at radius 3 is 2.67 bits per heavy atom. The van der Waals surface area contributed by atoms with Crippen LogP contribution in [0.25, 0.3) is 17.3 Å². The third-order valence-corrected chi connectivity index (χ3v) is 3.91. The topological polar surface area (TPSA) is 104 Å². The van der Waals surface area contributed by atoms with E-state index in [2.05, 4.69) is 20.5 Å². The first kappa shape index (κ1) is 17.9.